The van der Waals surface area contributed by atoms with Gasteiger partial charge < -0.3 is 9.73 Å². The summed E-state index contributed by atoms with van der Waals surface area (Å²) >= 11 is 5.24. The lowest BCUT2D eigenvalue weighted by atomic mass is 10.2. The summed E-state index contributed by atoms with van der Waals surface area (Å²) in [6.45, 7) is 2.32. The van der Waals surface area contributed by atoms with Crippen LogP contribution in [0.2, 0.25) is 0 Å². The summed E-state index contributed by atoms with van der Waals surface area (Å²) in [4.78, 5) is 13.9. The third-order valence-electron chi connectivity index (χ3n) is 3.19. The number of thiocarbonyl (C=S) groups is 1. The fraction of sp³-hybridized carbons (Fsp3) is 0.125. The number of carbonyl (C=O) groups excluding carboxylic acids is 1. The normalized spacial score (nSPS) is 16.6. The van der Waals surface area contributed by atoms with Crippen molar-refractivity contribution in [1.29, 1.82) is 0 Å². The average Bonchev–Trinajstić information content (AvgIpc) is 2.99. The lowest BCUT2D eigenvalue weighted by Gasteiger charge is -2.13. The van der Waals surface area contributed by atoms with Crippen molar-refractivity contribution in [1.82, 2.24) is 10.2 Å². The number of furan rings is 1. The van der Waals surface area contributed by atoms with Crippen molar-refractivity contribution in [2.45, 2.75) is 13.5 Å². The lowest BCUT2D eigenvalue weighted by Crippen LogP contribution is -2.29. The van der Waals surface area contributed by atoms with Crippen molar-refractivity contribution in [3.63, 3.8) is 0 Å². The number of aryl methyl sites for hydroxylation is 1. The number of hydrogen-bond acceptors (Lipinski definition) is 3. The first-order valence-corrected chi connectivity index (χ1v) is 6.99. The van der Waals surface area contributed by atoms with Crippen LogP contribution in [0.4, 0.5) is 0 Å². The molecule has 1 aliphatic heterocycles. The number of benzene rings is 1. The summed E-state index contributed by atoms with van der Waals surface area (Å²) < 4.78 is 5.45. The summed E-state index contributed by atoms with van der Waals surface area (Å²) in [5.74, 6) is 1.29. The van der Waals surface area contributed by atoms with Crippen LogP contribution in [0, 0.1) is 6.92 Å². The van der Waals surface area contributed by atoms with Crippen LogP contribution in [-0.2, 0) is 11.3 Å². The van der Waals surface area contributed by atoms with Crippen LogP contribution in [-0.4, -0.2) is 15.9 Å². The van der Waals surface area contributed by atoms with Gasteiger partial charge in [-0.2, -0.15) is 0 Å². The molecular weight excluding hydrogens is 284 g/mol. The molecule has 106 valence electrons. The molecule has 1 fully saturated rings. The van der Waals surface area contributed by atoms with E-state index in [1.165, 1.54) is 0 Å². The molecule has 2 aromatic rings. The molecule has 3 rings (SSSR count). The molecule has 4 nitrogen and oxygen atoms in total. The maximum absolute atomic E-state index is 12.4. The summed E-state index contributed by atoms with van der Waals surface area (Å²) in [6, 6.07) is 13.4. The Morgan fingerprint density at radius 1 is 1.24 bits per heavy atom. The van der Waals surface area contributed by atoms with Crippen LogP contribution < -0.4 is 5.32 Å². The number of rotatable bonds is 3. The molecular formula is C16H14N2O2S. The smallest absolute Gasteiger partial charge is 0.276 e. The van der Waals surface area contributed by atoms with E-state index in [-0.39, 0.29) is 5.91 Å². The molecule has 2 heterocycles. The Bertz CT molecular complexity index is 719. The van der Waals surface area contributed by atoms with Gasteiger partial charge in [-0.05, 0) is 36.8 Å². The summed E-state index contributed by atoms with van der Waals surface area (Å²) in [6.07, 6.45) is 1.67. The summed E-state index contributed by atoms with van der Waals surface area (Å²) in [7, 11) is 0. The van der Waals surface area contributed by atoms with E-state index in [4.69, 9.17) is 16.6 Å². The molecule has 1 N–H and O–H groups in total. The third-order valence-corrected chi connectivity index (χ3v) is 3.52. The largest absolute Gasteiger partial charge is 0.462 e. The van der Waals surface area contributed by atoms with E-state index >= 15 is 0 Å². The van der Waals surface area contributed by atoms with Crippen LogP contribution in [0.1, 0.15) is 17.1 Å². The fourth-order valence-electron chi connectivity index (χ4n) is 2.15. The molecule has 0 bridgehead atoms. The molecule has 1 aliphatic rings. The second kappa shape index (κ2) is 5.54. The molecule has 0 radical (unpaired) electrons. The maximum atomic E-state index is 12.4. The van der Waals surface area contributed by atoms with Crippen LogP contribution in [0.25, 0.3) is 6.08 Å². The van der Waals surface area contributed by atoms with E-state index in [9.17, 15) is 4.79 Å². The van der Waals surface area contributed by atoms with Crippen molar-refractivity contribution >= 4 is 29.3 Å². The molecule has 1 amide bonds. The molecule has 1 aromatic carbocycles. The van der Waals surface area contributed by atoms with E-state index in [1.54, 1.807) is 11.0 Å². The first kappa shape index (κ1) is 13.6. The first-order valence-electron chi connectivity index (χ1n) is 6.58. The molecule has 5 heteroatoms. The van der Waals surface area contributed by atoms with Gasteiger partial charge in [0, 0.05) is 6.08 Å². The third kappa shape index (κ3) is 2.87. The van der Waals surface area contributed by atoms with Crippen molar-refractivity contribution in [3.8, 4) is 0 Å². The highest BCUT2D eigenvalue weighted by Gasteiger charge is 2.30. The minimum atomic E-state index is -0.141. The van der Waals surface area contributed by atoms with E-state index in [0.717, 1.165) is 11.3 Å². The Labute approximate surface area is 128 Å². The molecule has 1 aromatic heterocycles. The quantitative estimate of drug-likeness (QED) is 0.699. The Kier molecular flexibility index (Phi) is 3.58. The molecule has 0 unspecified atom stereocenters. The standard InChI is InChI=1S/C16H14N2O2S/c1-11-7-8-13(20-11)9-14-15(19)18(16(21)17-14)10-12-5-3-2-4-6-12/h2-9H,10H2,1H3,(H,17,21)/b14-9+. The second-order valence-electron chi connectivity index (χ2n) is 4.81. The lowest BCUT2D eigenvalue weighted by molar-refractivity contribution is -0.122. The minimum Gasteiger partial charge on any atom is -0.462 e. The maximum Gasteiger partial charge on any atom is 0.276 e. The number of nitrogens with one attached hydrogen (secondary N) is 1. The highest BCUT2D eigenvalue weighted by atomic mass is 32.1. The van der Waals surface area contributed by atoms with Crippen LogP contribution in [0.5, 0.6) is 0 Å². The van der Waals surface area contributed by atoms with Gasteiger partial charge in [-0.1, -0.05) is 30.3 Å². The van der Waals surface area contributed by atoms with Gasteiger partial charge in [-0.15, -0.1) is 0 Å². The second-order valence-corrected chi connectivity index (χ2v) is 5.20. The SMILES string of the molecule is Cc1ccc(/C=C2/NC(=S)N(Cc3ccccc3)C2=O)o1. The fourth-order valence-corrected chi connectivity index (χ4v) is 2.41. The van der Waals surface area contributed by atoms with E-state index < -0.39 is 0 Å². The first-order chi connectivity index (χ1) is 10.1. The van der Waals surface area contributed by atoms with Crippen LogP contribution in [0.3, 0.4) is 0 Å². The Balaban J connectivity index is 1.81. The Hall–Kier alpha value is -2.40. The van der Waals surface area contributed by atoms with E-state index in [0.29, 0.717) is 23.1 Å². The zero-order valence-corrected chi connectivity index (χ0v) is 12.3. The molecule has 0 atom stereocenters. The number of nitrogens with zero attached hydrogens (tertiary/aromatic N) is 1. The molecule has 1 saturated heterocycles. The van der Waals surface area contributed by atoms with Gasteiger partial charge >= 0.3 is 0 Å². The van der Waals surface area contributed by atoms with Gasteiger partial charge in [0.15, 0.2) is 5.11 Å². The number of carbonyl (C=O) groups is 1. The Morgan fingerprint density at radius 3 is 2.67 bits per heavy atom. The van der Waals surface area contributed by atoms with Crippen molar-refractivity contribution in [2.24, 2.45) is 0 Å². The summed E-state index contributed by atoms with van der Waals surface area (Å²) in [5, 5.41) is 3.36. The van der Waals surface area contributed by atoms with Gasteiger partial charge in [0.1, 0.15) is 17.2 Å². The molecule has 0 saturated carbocycles. The molecule has 0 aliphatic carbocycles. The van der Waals surface area contributed by atoms with Crippen LogP contribution in [0.15, 0.2) is 52.6 Å². The Morgan fingerprint density at radius 2 is 2.00 bits per heavy atom. The van der Waals surface area contributed by atoms with E-state index in [1.807, 2.05) is 49.4 Å². The van der Waals surface area contributed by atoms with Crippen molar-refractivity contribution in [2.75, 3.05) is 0 Å². The highest BCUT2D eigenvalue weighted by Crippen LogP contribution is 2.18. The summed E-state index contributed by atoms with van der Waals surface area (Å²) in [5.41, 5.74) is 1.47. The zero-order valence-electron chi connectivity index (χ0n) is 11.5. The van der Waals surface area contributed by atoms with Gasteiger partial charge in [0.2, 0.25) is 0 Å². The van der Waals surface area contributed by atoms with Gasteiger partial charge in [-0.25, -0.2) is 0 Å². The zero-order chi connectivity index (χ0) is 14.8. The van der Waals surface area contributed by atoms with Gasteiger partial charge in [0.25, 0.3) is 5.91 Å². The predicted molar refractivity (Wildman–Crippen MR) is 84.1 cm³/mol. The van der Waals surface area contributed by atoms with E-state index in [2.05, 4.69) is 5.32 Å². The van der Waals surface area contributed by atoms with Crippen molar-refractivity contribution in [3.05, 3.63) is 65.2 Å². The van der Waals surface area contributed by atoms with Crippen LogP contribution >= 0.6 is 12.2 Å². The molecule has 0 spiro atoms. The highest BCUT2D eigenvalue weighted by molar-refractivity contribution is 7.80. The monoisotopic (exact) mass is 298 g/mol. The average molecular weight is 298 g/mol. The molecule has 21 heavy (non-hydrogen) atoms. The predicted octanol–water partition coefficient (Wildman–Crippen LogP) is 2.85. The topological polar surface area (TPSA) is 45.5 Å². The number of hydrogen-bond donors (Lipinski definition) is 1. The number of amides is 1. The van der Waals surface area contributed by atoms with Gasteiger partial charge in [0.05, 0.1) is 6.54 Å². The minimum absolute atomic E-state index is 0.141. The van der Waals surface area contributed by atoms with Crippen molar-refractivity contribution < 1.29 is 9.21 Å². The van der Waals surface area contributed by atoms with Gasteiger partial charge in [-0.3, -0.25) is 9.69 Å².